The average Bonchev–Trinajstić information content (AvgIpc) is 2.99. The number of benzene rings is 1. The predicted molar refractivity (Wildman–Crippen MR) is 192 cm³/mol. The number of pyridine rings is 1. The maximum absolute atomic E-state index is 12.7. The van der Waals surface area contributed by atoms with Gasteiger partial charge in [-0.25, -0.2) is 4.98 Å². The highest BCUT2D eigenvalue weighted by Gasteiger charge is 2.41. The Morgan fingerprint density at radius 2 is 1.70 bits per heavy atom. The van der Waals surface area contributed by atoms with Crippen molar-refractivity contribution in [3.05, 3.63) is 46.4 Å². The van der Waals surface area contributed by atoms with Crippen molar-refractivity contribution in [3.63, 3.8) is 0 Å². The lowest BCUT2D eigenvalue weighted by atomic mass is 10.1. The Hall–Kier alpha value is -3.72. The van der Waals surface area contributed by atoms with Crippen LogP contribution in [0.1, 0.15) is 73.8 Å². The van der Waals surface area contributed by atoms with Crippen molar-refractivity contribution in [2.75, 3.05) is 48.3 Å². The molecule has 3 aromatic rings. The summed E-state index contributed by atoms with van der Waals surface area (Å²) in [5, 5.41) is 16.2. The number of fused-ring (bicyclic) bond motifs is 1. The molecule has 1 fully saturated rings. The molecule has 0 atom stereocenters. The van der Waals surface area contributed by atoms with Gasteiger partial charge in [-0.1, -0.05) is 47.5 Å². The molecule has 0 radical (unpaired) electrons. The number of carbonyl (C=O) groups excluding carboxylic acids is 1. The van der Waals surface area contributed by atoms with Crippen molar-refractivity contribution in [1.29, 1.82) is 0 Å². The number of nitrogens with zero attached hydrogens (tertiary/aromatic N) is 4. The van der Waals surface area contributed by atoms with Gasteiger partial charge in [0, 0.05) is 68.8 Å². The van der Waals surface area contributed by atoms with Crippen molar-refractivity contribution in [1.82, 2.24) is 19.9 Å². The second kappa shape index (κ2) is 15.2. The zero-order valence-electron chi connectivity index (χ0n) is 28.7. The van der Waals surface area contributed by atoms with Gasteiger partial charge in [0.2, 0.25) is 11.9 Å². The average molecular weight is 646 g/mol. The first-order valence-corrected chi connectivity index (χ1v) is 18.8. The standard InChI is InChI=1S/C35H51N7O3Si/c1-23(2)41-14-16-42(17-15-41)31-12-11-28(21-30(31)38-32(44)10-9-18-43)37-35-36-22-29-27(20-33(45)39-34(29)40-35)13-19-46(24(3)4,25(5)6)26(7)8/h11-12,20-26,43H,9-10,14-18H2,1-8H3,(H,38,44)(H2,36,37,39,40,45). The van der Waals surface area contributed by atoms with Crippen molar-refractivity contribution < 1.29 is 9.90 Å². The molecule has 4 N–H and O–H groups in total. The summed E-state index contributed by atoms with van der Waals surface area (Å²) >= 11 is 0. The molecule has 1 aromatic carbocycles. The number of amides is 1. The van der Waals surface area contributed by atoms with E-state index in [0.717, 1.165) is 31.9 Å². The highest BCUT2D eigenvalue weighted by molar-refractivity contribution is 6.90. The minimum Gasteiger partial charge on any atom is -0.396 e. The fraction of sp³-hybridized carbons (Fsp3) is 0.543. The molecule has 3 heterocycles. The number of carbonyl (C=O) groups is 1. The highest BCUT2D eigenvalue weighted by atomic mass is 28.3. The molecular weight excluding hydrogens is 595 g/mol. The monoisotopic (exact) mass is 645 g/mol. The van der Waals surface area contributed by atoms with Crippen molar-refractivity contribution >= 4 is 48.0 Å². The molecule has 248 valence electrons. The van der Waals surface area contributed by atoms with Crippen molar-refractivity contribution in [3.8, 4) is 11.5 Å². The second-order valence-corrected chi connectivity index (χ2v) is 19.1. The quantitative estimate of drug-likeness (QED) is 0.151. The molecule has 0 aliphatic carbocycles. The first kappa shape index (κ1) is 35.1. The SMILES string of the molecule is CC(C)N1CCN(c2ccc(Nc3ncc4c(C#C[Si](C(C)C)(C(C)C)C(C)C)cc(=O)[nH]c4n3)cc2NC(=O)CCCO)CC1. The zero-order chi connectivity index (χ0) is 33.6. The minimum atomic E-state index is -2.00. The summed E-state index contributed by atoms with van der Waals surface area (Å²) in [7, 11) is -2.00. The number of hydrogen-bond acceptors (Lipinski definition) is 8. The Labute approximate surface area is 274 Å². The zero-order valence-corrected chi connectivity index (χ0v) is 29.7. The van der Waals surface area contributed by atoms with Crippen LogP contribution in [0.25, 0.3) is 11.0 Å². The van der Waals surface area contributed by atoms with E-state index in [1.807, 2.05) is 18.2 Å². The topological polar surface area (TPSA) is 126 Å². The summed E-state index contributed by atoms with van der Waals surface area (Å²) in [5.41, 5.74) is 8.24. The summed E-state index contributed by atoms with van der Waals surface area (Å²) in [6, 6.07) is 7.85. The highest BCUT2D eigenvalue weighted by Crippen LogP contribution is 2.41. The molecule has 46 heavy (non-hydrogen) atoms. The third kappa shape index (κ3) is 7.97. The lowest BCUT2D eigenvalue weighted by Crippen LogP contribution is -2.49. The van der Waals surface area contributed by atoms with Crippen LogP contribution in [0, 0.1) is 11.5 Å². The van der Waals surface area contributed by atoms with Crippen LogP contribution in [0.4, 0.5) is 23.0 Å². The van der Waals surface area contributed by atoms with Crippen LogP contribution in [0.5, 0.6) is 0 Å². The summed E-state index contributed by atoms with van der Waals surface area (Å²) in [5.74, 6) is 3.56. The minimum absolute atomic E-state index is 0.0380. The van der Waals surface area contributed by atoms with Crippen LogP contribution in [-0.4, -0.2) is 77.8 Å². The van der Waals surface area contributed by atoms with E-state index in [-0.39, 0.29) is 24.5 Å². The van der Waals surface area contributed by atoms with Gasteiger partial charge in [-0.15, -0.1) is 5.54 Å². The third-order valence-corrected chi connectivity index (χ3v) is 15.6. The molecule has 1 amide bonds. The van der Waals surface area contributed by atoms with E-state index in [2.05, 4.69) is 102 Å². The van der Waals surface area contributed by atoms with Gasteiger partial charge in [0.15, 0.2) is 0 Å². The van der Waals surface area contributed by atoms with E-state index in [0.29, 0.717) is 63.0 Å². The van der Waals surface area contributed by atoms with Gasteiger partial charge in [0.1, 0.15) is 13.7 Å². The predicted octanol–water partition coefficient (Wildman–Crippen LogP) is 5.87. The molecular formula is C35H51N7O3Si. The Bertz CT molecular complexity index is 1610. The maximum atomic E-state index is 12.7. The number of aromatic amines is 1. The van der Waals surface area contributed by atoms with E-state index in [4.69, 9.17) is 0 Å². The molecule has 0 bridgehead atoms. The van der Waals surface area contributed by atoms with Gasteiger partial charge < -0.3 is 25.6 Å². The number of H-pyrrole nitrogens is 1. The van der Waals surface area contributed by atoms with Crippen LogP contribution >= 0.6 is 0 Å². The molecule has 0 spiro atoms. The van der Waals surface area contributed by atoms with Crippen LogP contribution in [0.3, 0.4) is 0 Å². The summed E-state index contributed by atoms with van der Waals surface area (Å²) in [4.78, 5) is 42.2. The Morgan fingerprint density at radius 1 is 1.02 bits per heavy atom. The smallest absolute Gasteiger partial charge is 0.250 e. The van der Waals surface area contributed by atoms with Crippen LogP contribution < -0.4 is 21.1 Å². The van der Waals surface area contributed by atoms with Crippen LogP contribution in [-0.2, 0) is 4.79 Å². The fourth-order valence-electron chi connectivity index (χ4n) is 6.86. The van der Waals surface area contributed by atoms with Crippen LogP contribution in [0.15, 0.2) is 35.3 Å². The number of nitrogens with one attached hydrogen (secondary N) is 3. The van der Waals surface area contributed by atoms with Crippen LogP contribution in [0.2, 0.25) is 16.6 Å². The summed E-state index contributed by atoms with van der Waals surface area (Å²) in [6.45, 7) is 21.6. The molecule has 2 aromatic heterocycles. The van der Waals surface area contributed by atoms with E-state index < -0.39 is 8.07 Å². The third-order valence-electron chi connectivity index (χ3n) is 9.35. The van der Waals surface area contributed by atoms with Gasteiger partial charge in [-0.05, 0) is 55.1 Å². The molecule has 0 saturated carbocycles. The number of aliphatic hydroxyl groups excluding tert-OH is 1. The Kier molecular flexibility index (Phi) is 11.6. The molecule has 1 saturated heterocycles. The fourth-order valence-corrected chi connectivity index (χ4v) is 12.1. The number of aliphatic hydroxyl groups is 1. The van der Waals surface area contributed by atoms with Gasteiger partial charge in [-0.3, -0.25) is 14.5 Å². The number of rotatable bonds is 11. The molecule has 1 aliphatic rings. The van der Waals surface area contributed by atoms with Gasteiger partial charge in [0.05, 0.1) is 16.8 Å². The molecule has 1 aliphatic heterocycles. The normalized spacial score (nSPS) is 14.3. The van der Waals surface area contributed by atoms with E-state index in [1.54, 1.807) is 6.20 Å². The van der Waals surface area contributed by atoms with Gasteiger partial charge in [-0.2, -0.15) is 4.98 Å². The molecule has 10 nitrogen and oxygen atoms in total. The molecule has 11 heteroatoms. The van der Waals surface area contributed by atoms with Crippen molar-refractivity contribution in [2.24, 2.45) is 0 Å². The van der Waals surface area contributed by atoms with Crippen molar-refractivity contribution in [2.45, 2.75) is 90.9 Å². The van der Waals surface area contributed by atoms with Gasteiger partial charge in [0.25, 0.3) is 5.56 Å². The number of piperazine rings is 1. The number of aromatic nitrogens is 3. The van der Waals surface area contributed by atoms with Gasteiger partial charge >= 0.3 is 0 Å². The Balaban J connectivity index is 1.65. The lowest BCUT2D eigenvalue weighted by Gasteiger charge is -2.38. The first-order valence-electron chi connectivity index (χ1n) is 16.6. The summed E-state index contributed by atoms with van der Waals surface area (Å²) in [6.07, 6.45) is 2.33. The largest absolute Gasteiger partial charge is 0.396 e. The molecule has 4 rings (SSSR count). The summed E-state index contributed by atoms with van der Waals surface area (Å²) < 4.78 is 0. The maximum Gasteiger partial charge on any atom is 0.250 e. The lowest BCUT2D eigenvalue weighted by molar-refractivity contribution is -0.116. The number of hydrogen-bond donors (Lipinski definition) is 4. The Morgan fingerprint density at radius 3 is 2.30 bits per heavy atom. The molecule has 0 unspecified atom stereocenters. The number of anilines is 4. The van der Waals surface area contributed by atoms with E-state index in [9.17, 15) is 14.7 Å². The first-order chi connectivity index (χ1) is 21.8. The second-order valence-electron chi connectivity index (χ2n) is 13.5. The van der Waals surface area contributed by atoms with E-state index in [1.165, 1.54) is 6.07 Å². The van der Waals surface area contributed by atoms with E-state index >= 15 is 0 Å².